The van der Waals surface area contributed by atoms with Gasteiger partial charge in [0.1, 0.15) is 11.4 Å². The van der Waals surface area contributed by atoms with E-state index < -0.39 is 16.1 Å². The molecule has 12 heteroatoms. The number of rotatable bonds is 9. The number of aromatic nitrogens is 1. The average molecular weight is 663 g/mol. The zero-order chi connectivity index (χ0) is 33.4. The minimum atomic E-state index is -4.04. The van der Waals surface area contributed by atoms with E-state index in [0.29, 0.717) is 24.8 Å². The summed E-state index contributed by atoms with van der Waals surface area (Å²) in [6.45, 7) is 11.5. The van der Waals surface area contributed by atoms with Crippen molar-refractivity contribution in [3.63, 3.8) is 0 Å². The molecule has 0 saturated heterocycles. The summed E-state index contributed by atoms with van der Waals surface area (Å²) in [6.07, 6.45) is 8.79. The molecule has 1 fully saturated rings. The highest BCUT2D eigenvalue weighted by Crippen LogP contribution is 2.31. The van der Waals surface area contributed by atoms with E-state index in [9.17, 15) is 18.3 Å². The van der Waals surface area contributed by atoms with Gasteiger partial charge in [-0.1, -0.05) is 31.3 Å². The Kier molecular flexibility index (Phi) is 12.9. The highest BCUT2D eigenvalue weighted by Gasteiger charge is 2.31. The molecule has 4 atom stereocenters. The first-order chi connectivity index (χ1) is 21.9. The van der Waals surface area contributed by atoms with E-state index in [1.807, 2.05) is 13.8 Å². The lowest BCUT2D eigenvalue weighted by molar-refractivity contribution is -0.0190. The van der Waals surface area contributed by atoms with Crippen molar-refractivity contribution in [1.82, 2.24) is 15.0 Å². The average Bonchev–Trinajstić information content (AvgIpc) is 3.37. The Labute approximate surface area is 275 Å². The number of sulfonamides is 1. The number of nitrogens with one attached hydrogen (secondary N) is 1. The highest BCUT2D eigenvalue weighted by atomic mass is 32.2. The lowest BCUT2D eigenvalue weighted by Gasteiger charge is -2.36. The van der Waals surface area contributed by atoms with E-state index in [-0.39, 0.29) is 58.2 Å². The largest absolute Gasteiger partial charge is 0.490 e. The van der Waals surface area contributed by atoms with Gasteiger partial charge in [0.25, 0.3) is 15.9 Å². The number of carbonyl (C=O) groups is 1. The van der Waals surface area contributed by atoms with Crippen molar-refractivity contribution >= 4 is 21.6 Å². The van der Waals surface area contributed by atoms with Gasteiger partial charge >= 0.3 is 0 Å². The summed E-state index contributed by atoms with van der Waals surface area (Å²) in [4.78, 5) is 18.4. The van der Waals surface area contributed by atoms with Crippen LogP contribution in [0.1, 0.15) is 93.9 Å². The maximum Gasteiger partial charge on any atom is 0.267 e. The summed E-state index contributed by atoms with van der Waals surface area (Å²) >= 11 is 0. The predicted octanol–water partition coefficient (Wildman–Crippen LogP) is 5.40. The second kappa shape index (κ2) is 16.4. The monoisotopic (exact) mass is 662 g/mol. The fourth-order valence-corrected chi connectivity index (χ4v) is 8.09. The number of fused-ring (bicyclic) bond motifs is 1. The summed E-state index contributed by atoms with van der Waals surface area (Å²) in [6, 6.07) is 4.25. The van der Waals surface area contributed by atoms with Gasteiger partial charge in [0.2, 0.25) is 0 Å². The van der Waals surface area contributed by atoms with Crippen LogP contribution in [0.2, 0.25) is 0 Å². The fourth-order valence-electron chi connectivity index (χ4n) is 6.71. The van der Waals surface area contributed by atoms with Crippen LogP contribution >= 0.6 is 0 Å². The maximum atomic E-state index is 14.4. The number of aryl methyl sites for hydroxylation is 2. The summed E-state index contributed by atoms with van der Waals surface area (Å²) in [5.74, 6) is 0.883. The van der Waals surface area contributed by atoms with E-state index in [1.54, 1.807) is 24.0 Å². The highest BCUT2D eigenvalue weighted by molar-refractivity contribution is 7.92. The number of ether oxygens (including phenoxy) is 2. The van der Waals surface area contributed by atoms with Crippen LogP contribution in [0.15, 0.2) is 27.6 Å². The van der Waals surface area contributed by atoms with Crippen LogP contribution in [0.25, 0.3) is 0 Å². The zero-order valence-corrected chi connectivity index (χ0v) is 29.3. The molecule has 4 rings (SSSR count). The first-order valence-electron chi connectivity index (χ1n) is 16.9. The topological polar surface area (TPSA) is 134 Å². The Balaban J connectivity index is 1.63. The molecule has 11 nitrogen and oxygen atoms in total. The molecule has 0 radical (unpaired) electrons. The zero-order valence-electron chi connectivity index (χ0n) is 28.5. The molecule has 258 valence electrons. The Morgan fingerprint density at radius 3 is 2.48 bits per heavy atom. The third-order valence-electron chi connectivity index (χ3n) is 9.33. The Hall–Kier alpha value is -2.67. The first kappa shape index (κ1) is 36.2. The van der Waals surface area contributed by atoms with Crippen LogP contribution in [0.5, 0.6) is 5.75 Å². The molecule has 1 aromatic heterocycles. The van der Waals surface area contributed by atoms with Crippen LogP contribution in [0, 0.1) is 25.7 Å². The number of likely N-dealkylation sites (N-methyl/N-ethyl adjacent to an activating group) is 1. The van der Waals surface area contributed by atoms with Gasteiger partial charge < -0.3 is 28.9 Å². The van der Waals surface area contributed by atoms with Crippen molar-refractivity contribution in [2.45, 2.75) is 109 Å². The number of aliphatic hydroxyl groups excluding tert-OH is 1. The second-order valence-electron chi connectivity index (χ2n) is 13.5. The molecule has 0 spiro atoms. The normalized spacial score (nSPS) is 23.4. The van der Waals surface area contributed by atoms with Crippen LogP contribution in [0.4, 0.5) is 5.69 Å². The standard InChI is InChI=1S/C34H54N4O7S/c1-23-19-38(24(2)22-39)34(40)30-18-29(36-46(41,42)33-26(4)35-45-27(33)5)15-16-31(30)44-25(3)12-10-11-17-43-32(23)21-37(6)20-28-13-8-7-9-14-28/h15-16,18,23-25,28,32,36,39H,7-14,17,19-22H2,1-6H3/t23-,24-,25-,32-/m0/s1. The molecule has 1 aliphatic carbocycles. The smallest absolute Gasteiger partial charge is 0.267 e. The van der Waals surface area contributed by atoms with Crippen LogP contribution < -0.4 is 9.46 Å². The van der Waals surface area contributed by atoms with E-state index in [4.69, 9.17) is 14.0 Å². The van der Waals surface area contributed by atoms with Crippen molar-refractivity contribution in [2.75, 3.05) is 44.6 Å². The minimum Gasteiger partial charge on any atom is -0.490 e. The lowest BCUT2D eigenvalue weighted by Crippen LogP contribution is -2.47. The number of hydrogen-bond donors (Lipinski definition) is 2. The van der Waals surface area contributed by atoms with Gasteiger partial charge in [-0.25, -0.2) is 8.42 Å². The van der Waals surface area contributed by atoms with Gasteiger partial charge in [-0.3, -0.25) is 9.52 Å². The predicted molar refractivity (Wildman–Crippen MR) is 178 cm³/mol. The van der Waals surface area contributed by atoms with Crippen LogP contribution in [-0.4, -0.2) is 92.5 Å². The number of aliphatic hydroxyl groups is 1. The quantitative estimate of drug-likeness (QED) is 0.362. The van der Waals surface area contributed by atoms with Gasteiger partial charge in [-0.2, -0.15) is 0 Å². The number of amides is 1. The molecule has 2 heterocycles. The number of hydrogen-bond acceptors (Lipinski definition) is 9. The maximum absolute atomic E-state index is 14.4. The Morgan fingerprint density at radius 1 is 1.09 bits per heavy atom. The summed E-state index contributed by atoms with van der Waals surface area (Å²) in [5, 5.41) is 14.0. The molecular formula is C34H54N4O7S. The molecule has 2 N–H and O–H groups in total. The molecule has 1 amide bonds. The SMILES string of the molecule is Cc1noc(C)c1S(=O)(=O)Nc1ccc2c(c1)C(=O)N([C@@H](C)CO)C[C@H](C)[C@H](CN(C)CC1CCCCC1)OCCCC[C@H](C)O2. The number of nitrogens with zero attached hydrogens (tertiary/aromatic N) is 3. The molecule has 46 heavy (non-hydrogen) atoms. The molecule has 1 aliphatic heterocycles. The third kappa shape index (κ3) is 9.45. The molecular weight excluding hydrogens is 608 g/mol. The number of benzene rings is 1. The first-order valence-corrected chi connectivity index (χ1v) is 18.4. The van der Waals surface area contributed by atoms with Crippen LogP contribution in [-0.2, 0) is 14.8 Å². The van der Waals surface area contributed by atoms with Crippen molar-refractivity contribution in [2.24, 2.45) is 11.8 Å². The van der Waals surface area contributed by atoms with Crippen LogP contribution in [0.3, 0.4) is 0 Å². The van der Waals surface area contributed by atoms with Gasteiger partial charge in [-0.05, 0) is 91.0 Å². The second-order valence-corrected chi connectivity index (χ2v) is 15.1. The molecule has 0 unspecified atom stereocenters. The number of carbonyl (C=O) groups excluding carboxylic acids is 1. The Morgan fingerprint density at radius 2 is 1.80 bits per heavy atom. The summed E-state index contributed by atoms with van der Waals surface area (Å²) in [5.41, 5.74) is 0.677. The van der Waals surface area contributed by atoms with Crippen molar-refractivity contribution in [3.8, 4) is 5.75 Å². The molecule has 0 bridgehead atoms. The molecule has 1 saturated carbocycles. The van der Waals surface area contributed by atoms with Gasteiger partial charge in [0.15, 0.2) is 10.7 Å². The van der Waals surface area contributed by atoms with Gasteiger partial charge in [0, 0.05) is 37.8 Å². The van der Waals surface area contributed by atoms with E-state index in [0.717, 1.165) is 32.4 Å². The van der Waals surface area contributed by atoms with Crippen molar-refractivity contribution < 1.29 is 32.3 Å². The van der Waals surface area contributed by atoms with Gasteiger partial charge in [-0.15, -0.1) is 0 Å². The number of anilines is 1. The third-order valence-corrected chi connectivity index (χ3v) is 11.0. The molecule has 2 aliphatic rings. The van der Waals surface area contributed by atoms with E-state index >= 15 is 0 Å². The van der Waals surface area contributed by atoms with E-state index in [1.165, 1.54) is 45.1 Å². The molecule has 1 aromatic carbocycles. The van der Waals surface area contributed by atoms with Crippen molar-refractivity contribution in [3.05, 3.63) is 35.2 Å². The lowest BCUT2D eigenvalue weighted by atomic mass is 9.89. The summed E-state index contributed by atoms with van der Waals surface area (Å²) in [7, 11) is -1.88. The molecule has 2 aromatic rings. The fraction of sp³-hybridized carbons (Fsp3) is 0.706. The van der Waals surface area contributed by atoms with Crippen molar-refractivity contribution in [1.29, 1.82) is 0 Å². The Bertz CT molecular complexity index is 1370. The summed E-state index contributed by atoms with van der Waals surface area (Å²) < 4.78 is 47.1. The van der Waals surface area contributed by atoms with E-state index in [2.05, 4.69) is 28.8 Å². The minimum absolute atomic E-state index is 0.0285. The van der Waals surface area contributed by atoms with Gasteiger partial charge in [0.05, 0.1) is 30.4 Å².